The van der Waals surface area contributed by atoms with E-state index in [1.165, 1.54) is 26.4 Å². The van der Waals surface area contributed by atoms with Gasteiger partial charge in [0.2, 0.25) is 0 Å². The molecule has 0 unspecified atom stereocenters. The number of benzene rings is 2. The summed E-state index contributed by atoms with van der Waals surface area (Å²) in [7, 11) is 2.80. The minimum absolute atomic E-state index is 0.0704. The van der Waals surface area contributed by atoms with Crippen molar-refractivity contribution in [3.63, 3.8) is 0 Å². The molecule has 2 aromatic carbocycles. The first kappa shape index (κ1) is 21.9. The van der Waals surface area contributed by atoms with Gasteiger partial charge in [0.05, 0.1) is 11.8 Å². The van der Waals surface area contributed by atoms with Gasteiger partial charge < -0.3 is 15.0 Å². The highest BCUT2D eigenvalue weighted by atomic mass is 19.4. The van der Waals surface area contributed by atoms with E-state index in [1.807, 2.05) is 0 Å². The number of nitrogens with one attached hydrogen (secondary N) is 1. The number of alkyl halides is 3. The van der Waals surface area contributed by atoms with Crippen molar-refractivity contribution >= 4 is 17.8 Å². The Morgan fingerprint density at radius 1 is 1.17 bits per heavy atom. The molecule has 9 heteroatoms. The third-order valence-electron chi connectivity index (χ3n) is 3.84. The number of nitrogens with zero attached hydrogens (tertiary/aromatic N) is 2. The lowest BCUT2D eigenvalue weighted by atomic mass is 10.0. The number of amides is 1. The Labute approximate surface area is 166 Å². The molecular weight excluding hydrogens is 387 g/mol. The summed E-state index contributed by atoms with van der Waals surface area (Å²) in [6.45, 7) is 0.0917. The molecule has 0 radical (unpaired) electrons. The summed E-state index contributed by atoms with van der Waals surface area (Å²) in [5, 5.41) is 10.1. The Balaban J connectivity index is 2.03. The van der Waals surface area contributed by atoms with Crippen LogP contribution in [0, 0.1) is 0 Å². The van der Waals surface area contributed by atoms with Crippen molar-refractivity contribution < 1.29 is 27.6 Å². The number of likely N-dealkylation sites (N-methyl/N-ethyl adjacent to an activating group) is 1. The molecule has 29 heavy (non-hydrogen) atoms. The second kappa shape index (κ2) is 10.3. The fourth-order valence-corrected chi connectivity index (χ4v) is 2.46. The van der Waals surface area contributed by atoms with Crippen molar-refractivity contribution in [1.29, 1.82) is 0 Å². The Morgan fingerprint density at radius 2 is 1.93 bits per heavy atom. The second-order valence-corrected chi connectivity index (χ2v) is 5.80. The third kappa shape index (κ3) is 6.34. The van der Waals surface area contributed by atoms with Crippen LogP contribution in [0.5, 0.6) is 0 Å². The highest BCUT2D eigenvalue weighted by Crippen LogP contribution is 2.29. The summed E-state index contributed by atoms with van der Waals surface area (Å²) in [4.78, 5) is 21.9. The van der Waals surface area contributed by atoms with E-state index in [0.717, 1.165) is 12.1 Å². The van der Waals surface area contributed by atoms with Gasteiger partial charge in [0, 0.05) is 24.6 Å². The van der Waals surface area contributed by atoms with Crippen molar-refractivity contribution in [1.82, 2.24) is 5.32 Å². The van der Waals surface area contributed by atoms with Gasteiger partial charge in [-0.05, 0) is 11.6 Å². The molecule has 6 nitrogen and oxygen atoms in total. The standard InChI is InChI=1S/C20H20F3N3O3/c1-24-19(27)18(26-28-2)17-9-4-3-7-15(17)13-25-29-11-10-14-6-5-8-16(12-14)20(21,22)23/h3-9,12-13H,10-11H2,1-2H3,(H,24,27)/b25-13+,26-18?. The van der Waals surface area contributed by atoms with Crippen LogP contribution in [0.3, 0.4) is 0 Å². The Bertz CT molecular complexity index is 896. The number of rotatable bonds is 8. The Kier molecular flexibility index (Phi) is 7.76. The molecule has 0 saturated carbocycles. The number of oxime groups is 2. The summed E-state index contributed by atoms with van der Waals surface area (Å²) in [5.74, 6) is -0.432. The molecule has 154 valence electrons. The summed E-state index contributed by atoms with van der Waals surface area (Å²) >= 11 is 0. The van der Waals surface area contributed by atoms with E-state index in [1.54, 1.807) is 30.3 Å². The lowest BCUT2D eigenvalue weighted by Gasteiger charge is -2.08. The van der Waals surface area contributed by atoms with Gasteiger partial charge >= 0.3 is 6.18 Å². The van der Waals surface area contributed by atoms with E-state index in [-0.39, 0.29) is 18.7 Å². The highest BCUT2D eigenvalue weighted by molar-refractivity contribution is 6.46. The van der Waals surface area contributed by atoms with Crippen molar-refractivity contribution in [3.8, 4) is 0 Å². The molecule has 0 atom stereocenters. The van der Waals surface area contributed by atoms with Crippen molar-refractivity contribution in [3.05, 3.63) is 70.8 Å². The number of carbonyl (C=O) groups is 1. The molecule has 0 saturated heterocycles. The molecule has 0 bridgehead atoms. The van der Waals surface area contributed by atoms with Gasteiger partial charge in [0.25, 0.3) is 5.91 Å². The minimum atomic E-state index is -4.38. The number of hydrogen-bond donors (Lipinski definition) is 1. The molecule has 0 aliphatic rings. The maximum Gasteiger partial charge on any atom is 0.416 e. The highest BCUT2D eigenvalue weighted by Gasteiger charge is 2.30. The van der Waals surface area contributed by atoms with Crippen molar-refractivity contribution in [2.45, 2.75) is 12.6 Å². The van der Waals surface area contributed by atoms with Gasteiger partial charge in [0.1, 0.15) is 13.7 Å². The van der Waals surface area contributed by atoms with Gasteiger partial charge in [-0.1, -0.05) is 52.8 Å². The molecule has 0 spiro atoms. The van der Waals surface area contributed by atoms with Gasteiger partial charge in [0.15, 0.2) is 5.71 Å². The Morgan fingerprint density at radius 3 is 2.62 bits per heavy atom. The first-order chi connectivity index (χ1) is 13.9. The number of hydrogen-bond acceptors (Lipinski definition) is 5. The SMILES string of the molecule is CNC(=O)C(=NOC)c1ccccc1/C=N/OCCc1cccc(C(F)(F)F)c1. The molecular formula is C20H20F3N3O3. The van der Waals surface area contributed by atoms with Crippen molar-refractivity contribution in [2.75, 3.05) is 20.8 Å². The predicted octanol–water partition coefficient (Wildman–Crippen LogP) is 3.40. The van der Waals surface area contributed by atoms with Crippen LogP contribution in [0.4, 0.5) is 13.2 Å². The van der Waals surface area contributed by atoms with Crippen LogP contribution in [-0.4, -0.2) is 38.6 Å². The van der Waals surface area contributed by atoms with E-state index in [9.17, 15) is 18.0 Å². The first-order valence-corrected chi connectivity index (χ1v) is 8.61. The normalized spacial score (nSPS) is 12.1. The predicted molar refractivity (Wildman–Crippen MR) is 103 cm³/mol. The maximum absolute atomic E-state index is 12.7. The van der Waals surface area contributed by atoms with Crippen LogP contribution < -0.4 is 5.32 Å². The average molecular weight is 407 g/mol. The van der Waals surface area contributed by atoms with Crippen LogP contribution in [0.1, 0.15) is 22.3 Å². The maximum atomic E-state index is 12.7. The monoisotopic (exact) mass is 407 g/mol. The number of carbonyl (C=O) groups excluding carboxylic acids is 1. The summed E-state index contributed by atoms with van der Waals surface area (Å²) in [6, 6.07) is 11.9. The van der Waals surface area contributed by atoms with E-state index >= 15 is 0 Å². The molecule has 0 fully saturated rings. The lowest BCUT2D eigenvalue weighted by molar-refractivity contribution is -0.137. The fourth-order valence-electron chi connectivity index (χ4n) is 2.46. The molecule has 0 aromatic heterocycles. The van der Waals surface area contributed by atoms with E-state index in [2.05, 4.69) is 15.6 Å². The molecule has 0 aliphatic carbocycles. The van der Waals surface area contributed by atoms with Crippen molar-refractivity contribution in [2.24, 2.45) is 10.3 Å². The fraction of sp³-hybridized carbons (Fsp3) is 0.250. The zero-order chi connectivity index (χ0) is 21.3. The van der Waals surface area contributed by atoms with E-state index < -0.39 is 17.6 Å². The van der Waals surface area contributed by atoms with Crippen LogP contribution in [0.15, 0.2) is 58.8 Å². The van der Waals surface area contributed by atoms with Gasteiger partial charge in [-0.2, -0.15) is 13.2 Å². The molecule has 1 amide bonds. The smallest absolute Gasteiger partial charge is 0.398 e. The van der Waals surface area contributed by atoms with Crippen LogP contribution in [0.25, 0.3) is 0 Å². The number of halogens is 3. The Hall–Kier alpha value is -3.36. The average Bonchev–Trinajstić information content (AvgIpc) is 2.71. The summed E-state index contributed by atoms with van der Waals surface area (Å²) in [6.07, 6.45) is -2.72. The quantitative estimate of drug-likeness (QED) is 0.414. The molecule has 0 heterocycles. The van der Waals surface area contributed by atoms with Crippen LogP contribution >= 0.6 is 0 Å². The lowest BCUT2D eigenvalue weighted by Crippen LogP contribution is -2.29. The molecule has 2 aromatic rings. The molecule has 1 N–H and O–H groups in total. The van der Waals surface area contributed by atoms with Gasteiger partial charge in [-0.15, -0.1) is 0 Å². The summed E-state index contributed by atoms with van der Waals surface area (Å²) in [5.41, 5.74) is 0.905. The van der Waals surface area contributed by atoms with Gasteiger partial charge in [-0.3, -0.25) is 4.79 Å². The van der Waals surface area contributed by atoms with Crippen LogP contribution in [0.2, 0.25) is 0 Å². The minimum Gasteiger partial charge on any atom is -0.398 e. The van der Waals surface area contributed by atoms with Gasteiger partial charge in [-0.25, -0.2) is 0 Å². The van der Waals surface area contributed by atoms with E-state index in [0.29, 0.717) is 16.7 Å². The van der Waals surface area contributed by atoms with Crippen LogP contribution in [-0.2, 0) is 27.1 Å². The third-order valence-corrected chi connectivity index (χ3v) is 3.84. The zero-order valence-corrected chi connectivity index (χ0v) is 15.9. The largest absolute Gasteiger partial charge is 0.416 e. The second-order valence-electron chi connectivity index (χ2n) is 5.80. The van der Waals surface area contributed by atoms with E-state index in [4.69, 9.17) is 9.68 Å². The molecule has 0 aliphatic heterocycles. The topological polar surface area (TPSA) is 72.3 Å². The summed E-state index contributed by atoms with van der Waals surface area (Å²) < 4.78 is 38.2. The zero-order valence-electron chi connectivity index (χ0n) is 15.9. The first-order valence-electron chi connectivity index (χ1n) is 8.61. The molecule has 2 rings (SSSR count).